The standard InChI is InChI=1S/C27H31NO2/c1-29-26-16-8-14-24(20-26)25-15-9-17-28(21-25)18-19-30-27(22-10-4-2-5-11-22)23-12-6-3-7-13-23/h2-8,10-14,16,20,25,27H,9,15,17-19,21H2,1H3. The summed E-state index contributed by atoms with van der Waals surface area (Å²) >= 11 is 0. The van der Waals surface area contributed by atoms with E-state index in [1.165, 1.54) is 29.5 Å². The lowest BCUT2D eigenvalue weighted by Crippen LogP contribution is -2.36. The summed E-state index contributed by atoms with van der Waals surface area (Å²) < 4.78 is 11.8. The first-order valence-electron chi connectivity index (χ1n) is 10.9. The second-order valence-corrected chi connectivity index (χ2v) is 7.99. The molecule has 1 atom stereocenters. The number of ether oxygens (including phenoxy) is 2. The fourth-order valence-electron chi connectivity index (χ4n) is 4.37. The Hall–Kier alpha value is -2.62. The molecule has 1 aliphatic rings. The van der Waals surface area contributed by atoms with Crippen molar-refractivity contribution in [3.63, 3.8) is 0 Å². The topological polar surface area (TPSA) is 21.7 Å². The predicted octanol–water partition coefficient (Wildman–Crippen LogP) is 5.68. The van der Waals surface area contributed by atoms with Crippen LogP contribution in [0.25, 0.3) is 0 Å². The summed E-state index contributed by atoms with van der Waals surface area (Å²) in [5.74, 6) is 1.51. The van der Waals surface area contributed by atoms with Crippen molar-refractivity contribution in [1.82, 2.24) is 4.90 Å². The molecule has 3 aromatic carbocycles. The highest BCUT2D eigenvalue weighted by atomic mass is 16.5. The summed E-state index contributed by atoms with van der Waals surface area (Å²) in [5, 5.41) is 0. The molecule has 0 radical (unpaired) electrons. The van der Waals surface area contributed by atoms with Gasteiger partial charge >= 0.3 is 0 Å². The van der Waals surface area contributed by atoms with Gasteiger partial charge in [-0.2, -0.15) is 0 Å². The van der Waals surface area contributed by atoms with E-state index in [0.717, 1.165) is 32.0 Å². The molecule has 156 valence electrons. The molecule has 0 N–H and O–H groups in total. The highest BCUT2D eigenvalue weighted by Gasteiger charge is 2.22. The molecule has 1 saturated heterocycles. The van der Waals surface area contributed by atoms with Crippen LogP contribution in [0.3, 0.4) is 0 Å². The van der Waals surface area contributed by atoms with Gasteiger partial charge in [0.25, 0.3) is 0 Å². The minimum atomic E-state index is -0.0219. The van der Waals surface area contributed by atoms with Crippen molar-refractivity contribution >= 4 is 0 Å². The van der Waals surface area contributed by atoms with E-state index in [9.17, 15) is 0 Å². The van der Waals surface area contributed by atoms with Crippen molar-refractivity contribution < 1.29 is 9.47 Å². The van der Waals surface area contributed by atoms with Gasteiger partial charge in [-0.05, 0) is 54.1 Å². The summed E-state index contributed by atoms with van der Waals surface area (Å²) in [6.45, 7) is 3.90. The molecule has 1 fully saturated rings. The summed E-state index contributed by atoms with van der Waals surface area (Å²) in [7, 11) is 1.74. The van der Waals surface area contributed by atoms with E-state index < -0.39 is 0 Å². The van der Waals surface area contributed by atoms with Gasteiger partial charge in [0.2, 0.25) is 0 Å². The molecule has 0 saturated carbocycles. The van der Waals surface area contributed by atoms with Crippen LogP contribution < -0.4 is 4.74 Å². The van der Waals surface area contributed by atoms with E-state index in [2.05, 4.69) is 83.8 Å². The third-order valence-electron chi connectivity index (χ3n) is 5.97. The third-order valence-corrected chi connectivity index (χ3v) is 5.97. The normalized spacial score (nSPS) is 17.2. The highest BCUT2D eigenvalue weighted by molar-refractivity contribution is 5.31. The Labute approximate surface area is 180 Å². The molecule has 0 aromatic heterocycles. The van der Waals surface area contributed by atoms with Crippen molar-refractivity contribution in [3.8, 4) is 5.75 Å². The first kappa shape index (κ1) is 20.6. The van der Waals surface area contributed by atoms with Crippen molar-refractivity contribution in [1.29, 1.82) is 0 Å². The molecule has 1 unspecified atom stereocenters. The maximum atomic E-state index is 6.43. The fraction of sp³-hybridized carbons (Fsp3) is 0.333. The van der Waals surface area contributed by atoms with Crippen LogP contribution in [0.15, 0.2) is 84.9 Å². The molecule has 1 heterocycles. The van der Waals surface area contributed by atoms with E-state index in [1.54, 1.807) is 7.11 Å². The number of nitrogens with zero attached hydrogens (tertiary/aromatic N) is 1. The Kier molecular flexibility index (Phi) is 7.17. The summed E-state index contributed by atoms with van der Waals surface area (Å²) in [6, 6.07) is 29.6. The van der Waals surface area contributed by atoms with Gasteiger partial charge in [-0.3, -0.25) is 0 Å². The Morgan fingerprint density at radius 3 is 2.27 bits per heavy atom. The zero-order valence-electron chi connectivity index (χ0n) is 17.7. The van der Waals surface area contributed by atoms with Crippen LogP contribution in [-0.4, -0.2) is 38.3 Å². The molecular weight excluding hydrogens is 370 g/mol. The number of benzene rings is 3. The lowest BCUT2D eigenvalue weighted by Gasteiger charge is -2.33. The highest BCUT2D eigenvalue weighted by Crippen LogP contribution is 2.30. The minimum absolute atomic E-state index is 0.0219. The van der Waals surface area contributed by atoms with Gasteiger partial charge in [-0.15, -0.1) is 0 Å². The molecule has 0 amide bonds. The minimum Gasteiger partial charge on any atom is -0.497 e. The van der Waals surface area contributed by atoms with Crippen molar-refractivity contribution in [2.24, 2.45) is 0 Å². The number of hydrogen-bond acceptors (Lipinski definition) is 3. The summed E-state index contributed by atoms with van der Waals surface area (Å²) in [6.07, 6.45) is 2.44. The number of rotatable bonds is 8. The van der Waals surface area contributed by atoms with Gasteiger partial charge in [-0.1, -0.05) is 72.8 Å². The SMILES string of the molecule is COc1cccc(C2CCCN(CCOC(c3ccccc3)c3ccccc3)C2)c1. The van der Waals surface area contributed by atoms with Gasteiger partial charge in [0.15, 0.2) is 0 Å². The van der Waals surface area contributed by atoms with Crippen LogP contribution in [0.1, 0.15) is 41.6 Å². The Morgan fingerprint density at radius 2 is 1.60 bits per heavy atom. The molecule has 3 nitrogen and oxygen atoms in total. The molecule has 3 heteroatoms. The molecular formula is C27H31NO2. The lowest BCUT2D eigenvalue weighted by molar-refractivity contribution is 0.0536. The molecule has 0 spiro atoms. The molecule has 0 aliphatic carbocycles. The quantitative estimate of drug-likeness (QED) is 0.485. The van der Waals surface area contributed by atoms with E-state index in [1.807, 2.05) is 6.07 Å². The smallest absolute Gasteiger partial charge is 0.119 e. The molecule has 0 bridgehead atoms. The van der Waals surface area contributed by atoms with Crippen LogP contribution >= 0.6 is 0 Å². The largest absolute Gasteiger partial charge is 0.497 e. The number of likely N-dealkylation sites (tertiary alicyclic amines) is 1. The van der Waals surface area contributed by atoms with Gasteiger partial charge in [0.05, 0.1) is 13.7 Å². The maximum Gasteiger partial charge on any atom is 0.119 e. The summed E-state index contributed by atoms with van der Waals surface area (Å²) in [4.78, 5) is 2.54. The van der Waals surface area contributed by atoms with Crippen LogP contribution in [0, 0.1) is 0 Å². The van der Waals surface area contributed by atoms with E-state index in [4.69, 9.17) is 9.47 Å². The maximum absolute atomic E-state index is 6.43. The zero-order valence-corrected chi connectivity index (χ0v) is 17.7. The van der Waals surface area contributed by atoms with Crippen LogP contribution in [0.2, 0.25) is 0 Å². The zero-order chi connectivity index (χ0) is 20.6. The van der Waals surface area contributed by atoms with Crippen molar-refractivity contribution in [2.45, 2.75) is 24.9 Å². The van der Waals surface area contributed by atoms with Crippen LogP contribution in [0.4, 0.5) is 0 Å². The molecule has 3 aromatic rings. The average molecular weight is 402 g/mol. The Balaban J connectivity index is 1.37. The van der Waals surface area contributed by atoms with E-state index in [0.29, 0.717) is 5.92 Å². The van der Waals surface area contributed by atoms with Crippen LogP contribution in [0.5, 0.6) is 5.75 Å². The van der Waals surface area contributed by atoms with E-state index >= 15 is 0 Å². The first-order valence-corrected chi connectivity index (χ1v) is 10.9. The predicted molar refractivity (Wildman–Crippen MR) is 122 cm³/mol. The van der Waals surface area contributed by atoms with Crippen molar-refractivity contribution in [2.75, 3.05) is 33.4 Å². The molecule has 4 rings (SSSR count). The first-order chi connectivity index (χ1) is 14.8. The number of methoxy groups -OCH3 is 1. The fourth-order valence-corrected chi connectivity index (χ4v) is 4.37. The van der Waals surface area contributed by atoms with Crippen molar-refractivity contribution in [3.05, 3.63) is 102 Å². The number of piperidine rings is 1. The molecule has 1 aliphatic heterocycles. The molecule has 30 heavy (non-hydrogen) atoms. The summed E-state index contributed by atoms with van der Waals surface area (Å²) in [5.41, 5.74) is 3.79. The number of hydrogen-bond donors (Lipinski definition) is 0. The lowest BCUT2D eigenvalue weighted by atomic mass is 9.90. The van der Waals surface area contributed by atoms with Gasteiger partial charge in [0, 0.05) is 13.1 Å². The second-order valence-electron chi connectivity index (χ2n) is 7.99. The van der Waals surface area contributed by atoms with Gasteiger partial charge < -0.3 is 14.4 Å². The second kappa shape index (κ2) is 10.4. The Bertz CT molecular complexity index is 858. The van der Waals surface area contributed by atoms with Gasteiger partial charge in [0.1, 0.15) is 11.9 Å². The van der Waals surface area contributed by atoms with E-state index in [-0.39, 0.29) is 6.10 Å². The average Bonchev–Trinajstić information content (AvgIpc) is 2.83. The Morgan fingerprint density at radius 1 is 0.900 bits per heavy atom. The monoisotopic (exact) mass is 401 g/mol. The van der Waals surface area contributed by atoms with Crippen LogP contribution in [-0.2, 0) is 4.74 Å². The third kappa shape index (κ3) is 5.29. The van der Waals surface area contributed by atoms with Gasteiger partial charge in [-0.25, -0.2) is 0 Å².